The van der Waals surface area contributed by atoms with E-state index in [0.29, 0.717) is 11.3 Å². The van der Waals surface area contributed by atoms with Gasteiger partial charge in [-0.15, -0.1) is 0 Å². The van der Waals surface area contributed by atoms with Gasteiger partial charge in [0.05, 0.1) is 12.2 Å². The fraction of sp³-hybridized carbons (Fsp3) is 0.409. The summed E-state index contributed by atoms with van der Waals surface area (Å²) in [5, 5.41) is 3.58. The smallest absolute Gasteiger partial charge is 0.332 e. The number of benzene rings is 1. The van der Waals surface area contributed by atoms with Crippen LogP contribution in [-0.4, -0.2) is 45.4 Å². The molecular weight excluding hydrogens is 393 g/mol. The van der Waals surface area contributed by atoms with Crippen LogP contribution < -0.4 is 0 Å². The minimum Gasteiger partial charge on any atom is -0.332 e. The van der Waals surface area contributed by atoms with Crippen LogP contribution in [0.25, 0.3) is 5.69 Å². The molecule has 5 rings (SSSR count). The van der Waals surface area contributed by atoms with E-state index in [0.717, 1.165) is 44.7 Å². The number of hydrogen-bond donors (Lipinski definition) is 0. The van der Waals surface area contributed by atoms with Crippen molar-refractivity contribution in [3.63, 3.8) is 0 Å². The molecular formula is C22H21F3N4O. The Balaban J connectivity index is 1.35. The number of hydrogen-bond acceptors (Lipinski definition) is 3. The number of carbonyl (C=O) groups is 1. The monoisotopic (exact) mass is 414 g/mol. The molecule has 8 heteroatoms. The Kier molecular flexibility index (Phi) is 4.52. The molecule has 1 saturated carbocycles. The van der Waals surface area contributed by atoms with Gasteiger partial charge in [-0.1, -0.05) is 0 Å². The Morgan fingerprint density at radius 2 is 1.83 bits per heavy atom. The SMILES string of the molecule is O=C(c1ccc(-n2ccc(C(F)(F)F)n2)cc1)N(C1CC1)C1CCC2=C(C=NC2)C1. The van der Waals surface area contributed by atoms with Crippen LogP contribution in [0.2, 0.25) is 0 Å². The summed E-state index contributed by atoms with van der Waals surface area (Å²) >= 11 is 0. The highest BCUT2D eigenvalue weighted by molar-refractivity contribution is 5.95. The minimum absolute atomic E-state index is 0.00974. The fourth-order valence-corrected chi connectivity index (χ4v) is 4.34. The van der Waals surface area contributed by atoms with E-state index in [1.165, 1.54) is 22.0 Å². The van der Waals surface area contributed by atoms with Gasteiger partial charge in [0.25, 0.3) is 5.91 Å². The van der Waals surface area contributed by atoms with Crippen molar-refractivity contribution in [2.45, 2.75) is 50.4 Å². The summed E-state index contributed by atoms with van der Waals surface area (Å²) in [6, 6.07) is 8.01. The molecule has 1 atom stereocenters. The second-order valence-corrected chi connectivity index (χ2v) is 8.13. The van der Waals surface area contributed by atoms with Gasteiger partial charge in [-0.25, -0.2) is 4.68 Å². The van der Waals surface area contributed by atoms with E-state index in [1.54, 1.807) is 24.3 Å². The maximum Gasteiger partial charge on any atom is 0.435 e. The largest absolute Gasteiger partial charge is 0.435 e. The Bertz CT molecular complexity index is 1030. The number of amides is 1. The van der Waals surface area contributed by atoms with Crippen molar-refractivity contribution in [2.24, 2.45) is 4.99 Å². The first-order valence-corrected chi connectivity index (χ1v) is 10.2. The van der Waals surface area contributed by atoms with E-state index < -0.39 is 11.9 Å². The summed E-state index contributed by atoms with van der Waals surface area (Å²) in [6.45, 7) is 0.796. The average Bonchev–Trinajstić information content (AvgIpc) is 3.23. The predicted octanol–water partition coefficient (Wildman–Crippen LogP) is 4.43. The highest BCUT2D eigenvalue weighted by Gasteiger charge is 2.39. The molecule has 0 N–H and O–H groups in total. The quantitative estimate of drug-likeness (QED) is 0.743. The van der Waals surface area contributed by atoms with Crippen molar-refractivity contribution in [3.05, 3.63) is 58.9 Å². The number of alkyl halides is 3. The molecule has 1 amide bonds. The molecule has 2 heterocycles. The van der Waals surface area contributed by atoms with Crippen LogP contribution in [0, 0.1) is 0 Å². The minimum atomic E-state index is -4.48. The van der Waals surface area contributed by atoms with E-state index in [9.17, 15) is 18.0 Å². The summed E-state index contributed by atoms with van der Waals surface area (Å²) in [5.41, 5.74) is 2.77. The molecule has 5 nitrogen and oxygen atoms in total. The summed E-state index contributed by atoms with van der Waals surface area (Å²) in [7, 11) is 0. The zero-order valence-electron chi connectivity index (χ0n) is 16.3. The zero-order chi connectivity index (χ0) is 20.9. The molecule has 2 aliphatic carbocycles. The van der Waals surface area contributed by atoms with Gasteiger partial charge in [0.1, 0.15) is 0 Å². The lowest BCUT2D eigenvalue weighted by atomic mass is 9.88. The lowest BCUT2D eigenvalue weighted by Gasteiger charge is -2.35. The molecule has 0 radical (unpaired) electrons. The van der Waals surface area contributed by atoms with Gasteiger partial charge < -0.3 is 4.90 Å². The van der Waals surface area contributed by atoms with Crippen molar-refractivity contribution in [2.75, 3.05) is 6.54 Å². The highest BCUT2D eigenvalue weighted by atomic mass is 19.4. The molecule has 1 aliphatic heterocycles. The molecule has 2 aromatic rings. The summed E-state index contributed by atoms with van der Waals surface area (Å²) in [5.74, 6) is -0.00974. The third kappa shape index (κ3) is 3.55. The topological polar surface area (TPSA) is 50.5 Å². The van der Waals surface area contributed by atoms with Crippen molar-refractivity contribution in [1.29, 1.82) is 0 Å². The molecule has 0 bridgehead atoms. The fourth-order valence-electron chi connectivity index (χ4n) is 4.34. The van der Waals surface area contributed by atoms with Gasteiger partial charge in [0.2, 0.25) is 0 Å². The van der Waals surface area contributed by atoms with Gasteiger partial charge in [0, 0.05) is 30.1 Å². The highest BCUT2D eigenvalue weighted by Crippen LogP contribution is 2.37. The Morgan fingerprint density at radius 3 is 2.50 bits per heavy atom. The van der Waals surface area contributed by atoms with Crippen LogP contribution in [-0.2, 0) is 6.18 Å². The number of aliphatic imine (C=N–C) groups is 1. The van der Waals surface area contributed by atoms with Gasteiger partial charge in [-0.3, -0.25) is 9.79 Å². The Labute approximate surface area is 171 Å². The van der Waals surface area contributed by atoms with Crippen molar-refractivity contribution in [3.8, 4) is 5.69 Å². The van der Waals surface area contributed by atoms with Crippen molar-refractivity contribution < 1.29 is 18.0 Å². The van der Waals surface area contributed by atoms with Crippen molar-refractivity contribution >= 4 is 12.1 Å². The summed E-state index contributed by atoms with van der Waals surface area (Å²) in [4.78, 5) is 19.7. The van der Waals surface area contributed by atoms with Gasteiger partial charge in [-0.05, 0) is 73.6 Å². The van der Waals surface area contributed by atoms with Gasteiger partial charge >= 0.3 is 6.18 Å². The normalized spacial score (nSPS) is 21.1. The third-order valence-electron chi connectivity index (χ3n) is 6.04. The first kappa shape index (κ1) is 19.1. The molecule has 1 unspecified atom stereocenters. The second-order valence-electron chi connectivity index (χ2n) is 8.13. The number of halogens is 3. The number of nitrogens with zero attached hydrogens (tertiary/aromatic N) is 4. The molecule has 0 saturated heterocycles. The second kappa shape index (κ2) is 7.11. The lowest BCUT2D eigenvalue weighted by molar-refractivity contribution is -0.141. The predicted molar refractivity (Wildman–Crippen MR) is 106 cm³/mol. The van der Waals surface area contributed by atoms with E-state index in [4.69, 9.17) is 0 Å². The first-order valence-electron chi connectivity index (χ1n) is 10.2. The van der Waals surface area contributed by atoms with E-state index in [1.807, 2.05) is 11.1 Å². The van der Waals surface area contributed by atoms with Crippen LogP contribution >= 0.6 is 0 Å². The van der Waals surface area contributed by atoms with Crippen molar-refractivity contribution in [1.82, 2.24) is 14.7 Å². The standard InChI is InChI=1S/C22H21F3N4O/c23-22(24,25)20-9-10-28(27-20)17-4-1-14(2-5-17)21(30)29(18-7-8-18)19-6-3-15-12-26-13-16(15)11-19/h1-2,4-5,9-10,13,18-19H,3,6-8,11-12H2. The molecule has 1 fully saturated rings. The number of carbonyl (C=O) groups excluding carboxylic acids is 1. The van der Waals surface area contributed by atoms with Crippen LogP contribution in [0.4, 0.5) is 13.2 Å². The average molecular weight is 414 g/mol. The molecule has 1 aromatic carbocycles. The van der Waals surface area contributed by atoms with Gasteiger partial charge in [0.15, 0.2) is 5.69 Å². The summed E-state index contributed by atoms with van der Waals surface area (Å²) < 4.78 is 39.5. The molecule has 1 aromatic heterocycles. The molecule has 3 aliphatic rings. The van der Waals surface area contributed by atoms with Crippen LogP contribution in [0.15, 0.2) is 52.7 Å². The van der Waals surface area contributed by atoms with E-state index in [-0.39, 0.29) is 18.0 Å². The maximum atomic E-state index is 13.3. The molecule has 0 spiro atoms. The zero-order valence-corrected chi connectivity index (χ0v) is 16.3. The Hall–Kier alpha value is -2.90. The van der Waals surface area contributed by atoms with E-state index in [2.05, 4.69) is 10.1 Å². The lowest BCUT2D eigenvalue weighted by Crippen LogP contribution is -2.43. The number of aromatic nitrogens is 2. The Morgan fingerprint density at radius 1 is 1.07 bits per heavy atom. The van der Waals surface area contributed by atoms with E-state index >= 15 is 0 Å². The molecule has 156 valence electrons. The van der Waals surface area contributed by atoms with Crippen LogP contribution in [0.5, 0.6) is 0 Å². The van der Waals surface area contributed by atoms with Crippen LogP contribution in [0.1, 0.15) is 48.2 Å². The molecule has 30 heavy (non-hydrogen) atoms. The number of rotatable bonds is 4. The van der Waals surface area contributed by atoms with Gasteiger partial charge in [-0.2, -0.15) is 18.3 Å². The first-order chi connectivity index (χ1) is 14.4. The third-order valence-corrected chi connectivity index (χ3v) is 6.04. The maximum absolute atomic E-state index is 13.3. The van der Waals surface area contributed by atoms with Crippen LogP contribution in [0.3, 0.4) is 0 Å². The summed E-state index contributed by atoms with van der Waals surface area (Å²) in [6.07, 6.45) is 3.57.